The maximum absolute atomic E-state index is 12.2. The molecule has 0 saturated carbocycles. The van der Waals surface area contributed by atoms with Gasteiger partial charge in [-0.05, 0) is 67.8 Å². The summed E-state index contributed by atoms with van der Waals surface area (Å²) in [6, 6.07) is 12.0. The number of rotatable bonds is 10. The summed E-state index contributed by atoms with van der Waals surface area (Å²) in [4.78, 5) is 22.2. The molecule has 2 aromatic rings. The van der Waals surface area contributed by atoms with Gasteiger partial charge in [-0.2, -0.15) is 0 Å². The van der Waals surface area contributed by atoms with Gasteiger partial charge in [0.05, 0.1) is 25.9 Å². The molecule has 0 atom stereocenters. The molecule has 6 heteroatoms. The van der Waals surface area contributed by atoms with Crippen LogP contribution in [0.15, 0.2) is 42.5 Å². The Hall–Kier alpha value is -3.02. The summed E-state index contributed by atoms with van der Waals surface area (Å²) in [6.45, 7) is 3.22. The fourth-order valence-corrected chi connectivity index (χ4v) is 2.29. The van der Waals surface area contributed by atoms with Crippen LogP contribution >= 0.6 is 0 Å². The van der Waals surface area contributed by atoms with E-state index in [1.165, 1.54) is 0 Å². The number of unbranched alkanes of at least 4 members (excludes halogenated alkanes) is 1. The molecule has 0 radical (unpaired) electrons. The molecule has 6 nitrogen and oxygen atoms in total. The zero-order valence-electron chi connectivity index (χ0n) is 14.9. The number of hydrogen-bond donors (Lipinski definition) is 0. The van der Waals surface area contributed by atoms with Crippen LogP contribution in [0.5, 0.6) is 17.2 Å². The van der Waals surface area contributed by atoms with E-state index in [2.05, 4.69) is 4.74 Å². The minimum absolute atomic E-state index is 0.391. The first-order valence-corrected chi connectivity index (χ1v) is 8.29. The number of carbonyl (C=O) groups excluding carboxylic acids is 2. The van der Waals surface area contributed by atoms with Crippen molar-refractivity contribution in [3.8, 4) is 17.2 Å². The van der Waals surface area contributed by atoms with Gasteiger partial charge in [0.1, 0.15) is 17.2 Å². The molecule has 138 valence electrons. The van der Waals surface area contributed by atoms with Crippen molar-refractivity contribution in [2.75, 3.05) is 20.3 Å². The van der Waals surface area contributed by atoms with E-state index in [1.807, 2.05) is 6.92 Å². The Morgan fingerprint density at radius 2 is 1.69 bits per heavy atom. The highest BCUT2D eigenvalue weighted by molar-refractivity contribution is 5.91. The van der Waals surface area contributed by atoms with Gasteiger partial charge in [0.2, 0.25) is 0 Å². The Labute approximate surface area is 152 Å². The smallest absolute Gasteiger partial charge is 0.343 e. The quantitative estimate of drug-likeness (QED) is 0.280. The summed E-state index contributed by atoms with van der Waals surface area (Å²) < 4.78 is 20.7. The molecular weight excluding hydrogens is 336 g/mol. The molecular formula is C20H22O6. The molecule has 0 aliphatic carbocycles. The second kappa shape index (κ2) is 10.1. The Bertz CT molecular complexity index is 724. The zero-order chi connectivity index (χ0) is 18.8. The average molecular weight is 358 g/mol. The number of methoxy groups -OCH3 is 1. The van der Waals surface area contributed by atoms with E-state index in [4.69, 9.17) is 14.2 Å². The molecule has 0 aliphatic heterocycles. The van der Waals surface area contributed by atoms with Crippen molar-refractivity contribution >= 4 is 12.4 Å². The second-order valence-electron chi connectivity index (χ2n) is 5.57. The van der Waals surface area contributed by atoms with Crippen LogP contribution in [0.3, 0.4) is 0 Å². The van der Waals surface area contributed by atoms with Gasteiger partial charge < -0.3 is 18.9 Å². The summed E-state index contributed by atoms with van der Waals surface area (Å²) in [5.74, 6) is 1.43. The van der Waals surface area contributed by atoms with E-state index >= 15 is 0 Å². The number of hydrogen-bond acceptors (Lipinski definition) is 6. The van der Waals surface area contributed by atoms with Gasteiger partial charge in [-0.1, -0.05) is 0 Å². The van der Waals surface area contributed by atoms with Crippen molar-refractivity contribution in [2.45, 2.75) is 19.8 Å². The minimum atomic E-state index is -0.438. The predicted molar refractivity (Wildman–Crippen MR) is 95.9 cm³/mol. The van der Waals surface area contributed by atoms with Crippen LogP contribution in [0.2, 0.25) is 0 Å². The van der Waals surface area contributed by atoms with Crippen molar-refractivity contribution < 1.29 is 28.5 Å². The second-order valence-corrected chi connectivity index (χ2v) is 5.57. The molecule has 0 saturated heterocycles. The van der Waals surface area contributed by atoms with E-state index in [0.717, 1.165) is 24.2 Å². The van der Waals surface area contributed by atoms with Crippen molar-refractivity contribution in [1.82, 2.24) is 0 Å². The van der Waals surface area contributed by atoms with Crippen LogP contribution in [0, 0.1) is 6.92 Å². The van der Waals surface area contributed by atoms with Crippen molar-refractivity contribution in [1.29, 1.82) is 0 Å². The molecule has 0 amide bonds. The Morgan fingerprint density at radius 1 is 1.00 bits per heavy atom. The molecule has 2 aromatic carbocycles. The highest BCUT2D eigenvalue weighted by Gasteiger charge is 2.10. The van der Waals surface area contributed by atoms with Crippen molar-refractivity contribution in [3.63, 3.8) is 0 Å². The van der Waals surface area contributed by atoms with Crippen molar-refractivity contribution in [2.24, 2.45) is 0 Å². The highest BCUT2D eigenvalue weighted by atomic mass is 16.5. The Morgan fingerprint density at radius 3 is 2.35 bits per heavy atom. The molecule has 0 heterocycles. The summed E-state index contributed by atoms with van der Waals surface area (Å²) in [6.07, 6.45) is 1.51. The van der Waals surface area contributed by atoms with Crippen LogP contribution in [0.25, 0.3) is 0 Å². The highest BCUT2D eigenvalue weighted by Crippen LogP contribution is 2.24. The van der Waals surface area contributed by atoms with E-state index in [9.17, 15) is 9.59 Å². The van der Waals surface area contributed by atoms with Gasteiger partial charge in [0, 0.05) is 0 Å². The van der Waals surface area contributed by atoms with E-state index < -0.39 is 5.97 Å². The van der Waals surface area contributed by atoms with Crippen LogP contribution in [-0.2, 0) is 9.53 Å². The maximum Gasteiger partial charge on any atom is 0.343 e. The minimum Gasteiger partial charge on any atom is -0.496 e. The van der Waals surface area contributed by atoms with Gasteiger partial charge in [-0.15, -0.1) is 0 Å². The molecule has 0 aliphatic rings. The molecule has 2 rings (SSSR count). The van der Waals surface area contributed by atoms with Gasteiger partial charge in [0.25, 0.3) is 6.47 Å². The lowest BCUT2D eigenvalue weighted by atomic mass is 10.2. The Balaban J connectivity index is 1.84. The normalized spacial score (nSPS) is 10.1. The Kier molecular flexibility index (Phi) is 7.49. The standard InChI is InChI=1S/C20H22O6/c1-15-13-18(9-10-19(15)23-2)26-20(22)16-5-7-17(8-6-16)25-12-4-3-11-24-14-21/h5-10,13-14H,3-4,11-12H2,1-2H3. The number of esters is 1. The van der Waals surface area contributed by atoms with Crippen LogP contribution in [-0.4, -0.2) is 32.8 Å². The molecule has 0 spiro atoms. The number of benzene rings is 2. The average Bonchev–Trinajstić information content (AvgIpc) is 2.65. The molecule has 26 heavy (non-hydrogen) atoms. The summed E-state index contributed by atoms with van der Waals surface area (Å²) in [5.41, 5.74) is 1.32. The SMILES string of the molecule is COc1ccc(OC(=O)c2ccc(OCCCCOC=O)cc2)cc1C. The van der Waals surface area contributed by atoms with E-state index in [0.29, 0.717) is 36.7 Å². The zero-order valence-corrected chi connectivity index (χ0v) is 14.9. The number of carbonyl (C=O) groups is 2. The topological polar surface area (TPSA) is 71.1 Å². The monoisotopic (exact) mass is 358 g/mol. The third-order valence-electron chi connectivity index (χ3n) is 3.66. The third kappa shape index (κ3) is 5.81. The predicted octanol–water partition coefficient (Wildman–Crippen LogP) is 3.55. The molecule has 0 aromatic heterocycles. The maximum atomic E-state index is 12.2. The first kappa shape index (κ1) is 19.3. The first-order valence-electron chi connectivity index (χ1n) is 8.29. The van der Waals surface area contributed by atoms with Crippen LogP contribution < -0.4 is 14.2 Å². The van der Waals surface area contributed by atoms with Crippen LogP contribution in [0.1, 0.15) is 28.8 Å². The third-order valence-corrected chi connectivity index (χ3v) is 3.66. The fourth-order valence-electron chi connectivity index (χ4n) is 2.29. The summed E-state index contributed by atoms with van der Waals surface area (Å²) >= 11 is 0. The summed E-state index contributed by atoms with van der Waals surface area (Å²) in [7, 11) is 1.59. The van der Waals surface area contributed by atoms with E-state index in [-0.39, 0.29) is 0 Å². The summed E-state index contributed by atoms with van der Waals surface area (Å²) in [5, 5.41) is 0. The fraction of sp³-hybridized carbons (Fsp3) is 0.300. The number of ether oxygens (including phenoxy) is 4. The lowest BCUT2D eigenvalue weighted by molar-refractivity contribution is -0.128. The molecule has 0 unspecified atom stereocenters. The van der Waals surface area contributed by atoms with Gasteiger partial charge >= 0.3 is 5.97 Å². The molecule has 0 N–H and O–H groups in total. The van der Waals surface area contributed by atoms with Gasteiger partial charge in [-0.3, -0.25) is 4.79 Å². The lowest BCUT2D eigenvalue weighted by Crippen LogP contribution is -2.08. The molecule has 0 fully saturated rings. The number of aryl methyl sites for hydroxylation is 1. The molecule has 0 bridgehead atoms. The van der Waals surface area contributed by atoms with E-state index in [1.54, 1.807) is 49.6 Å². The lowest BCUT2D eigenvalue weighted by Gasteiger charge is -2.09. The van der Waals surface area contributed by atoms with Gasteiger partial charge in [0.15, 0.2) is 0 Å². The largest absolute Gasteiger partial charge is 0.496 e. The van der Waals surface area contributed by atoms with Crippen LogP contribution in [0.4, 0.5) is 0 Å². The first-order chi connectivity index (χ1) is 12.6. The van der Waals surface area contributed by atoms with Gasteiger partial charge in [-0.25, -0.2) is 4.79 Å². The van der Waals surface area contributed by atoms with Crippen molar-refractivity contribution in [3.05, 3.63) is 53.6 Å².